The van der Waals surface area contributed by atoms with Crippen molar-refractivity contribution in [2.24, 2.45) is 0 Å². The van der Waals surface area contributed by atoms with Crippen molar-refractivity contribution in [3.05, 3.63) is 30.5 Å². The normalized spacial score (nSPS) is 15.4. The maximum atomic E-state index is 6.01. The quantitative estimate of drug-likeness (QED) is 0.804. The Labute approximate surface area is 113 Å². The maximum absolute atomic E-state index is 6.01. The summed E-state index contributed by atoms with van der Waals surface area (Å²) in [4.78, 5) is 6.92. The van der Waals surface area contributed by atoms with Crippen molar-refractivity contribution in [3.63, 3.8) is 0 Å². The number of piperidine rings is 1. The number of rotatable bonds is 1. The highest BCUT2D eigenvalue weighted by atomic mass is 35.5. The van der Waals surface area contributed by atoms with Crippen LogP contribution in [0.15, 0.2) is 30.5 Å². The molecule has 2 heterocycles. The van der Waals surface area contributed by atoms with Crippen LogP contribution in [-0.2, 0) is 0 Å². The van der Waals surface area contributed by atoms with E-state index < -0.39 is 0 Å². The molecule has 0 amide bonds. The topological polar surface area (TPSA) is 42.1 Å². The third-order valence-corrected chi connectivity index (χ3v) is 3.47. The summed E-state index contributed by atoms with van der Waals surface area (Å²) in [5.41, 5.74) is 6.84. The molecule has 1 saturated heterocycles. The minimum Gasteiger partial charge on any atom is -0.398 e. The molecular formula is C14H18ClN3. The van der Waals surface area contributed by atoms with E-state index in [-0.39, 0.29) is 12.4 Å². The Kier molecular flexibility index (Phi) is 3.92. The monoisotopic (exact) mass is 263 g/mol. The number of benzene rings is 1. The molecule has 1 aliphatic heterocycles. The number of hydrogen-bond acceptors (Lipinski definition) is 3. The van der Waals surface area contributed by atoms with Gasteiger partial charge in [-0.1, -0.05) is 12.1 Å². The van der Waals surface area contributed by atoms with Crippen molar-refractivity contribution >= 4 is 34.7 Å². The molecule has 0 spiro atoms. The Balaban J connectivity index is 0.00000120. The number of nitrogens with two attached hydrogens (primary N) is 1. The van der Waals surface area contributed by atoms with Gasteiger partial charge >= 0.3 is 0 Å². The van der Waals surface area contributed by atoms with E-state index >= 15 is 0 Å². The molecule has 0 radical (unpaired) electrons. The summed E-state index contributed by atoms with van der Waals surface area (Å²) in [6.07, 6.45) is 5.73. The molecule has 0 bridgehead atoms. The summed E-state index contributed by atoms with van der Waals surface area (Å²) in [5, 5.41) is 2.29. The second-order valence-corrected chi connectivity index (χ2v) is 4.62. The van der Waals surface area contributed by atoms with E-state index in [2.05, 4.69) is 16.0 Å². The molecule has 2 N–H and O–H groups in total. The van der Waals surface area contributed by atoms with E-state index in [4.69, 9.17) is 5.73 Å². The lowest BCUT2D eigenvalue weighted by atomic mass is 10.1. The van der Waals surface area contributed by atoms with E-state index in [1.165, 1.54) is 24.6 Å². The van der Waals surface area contributed by atoms with Crippen LogP contribution in [0.3, 0.4) is 0 Å². The molecule has 3 nitrogen and oxygen atoms in total. The van der Waals surface area contributed by atoms with Crippen LogP contribution in [0, 0.1) is 0 Å². The van der Waals surface area contributed by atoms with Gasteiger partial charge in [0.15, 0.2) is 0 Å². The number of anilines is 2. The van der Waals surface area contributed by atoms with Crippen LogP contribution < -0.4 is 10.6 Å². The van der Waals surface area contributed by atoms with E-state index in [9.17, 15) is 0 Å². The second kappa shape index (κ2) is 5.44. The third-order valence-electron chi connectivity index (χ3n) is 3.47. The van der Waals surface area contributed by atoms with Gasteiger partial charge in [-0.25, -0.2) is 4.98 Å². The Morgan fingerprint density at radius 3 is 2.56 bits per heavy atom. The SMILES string of the molecule is Cl.Nc1cccc2c(N3CCCCC3)nccc12. The van der Waals surface area contributed by atoms with Gasteiger partial charge in [0.25, 0.3) is 0 Å². The van der Waals surface area contributed by atoms with Gasteiger partial charge in [-0.05, 0) is 31.4 Å². The maximum Gasteiger partial charge on any atom is 0.136 e. The number of aromatic nitrogens is 1. The largest absolute Gasteiger partial charge is 0.398 e. The van der Waals surface area contributed by atoms with Crippen molar-refractivity contribution < 1.29 is 0 Å². The van der Waals surface area contributed by atoms with Crippen molar-refractivity contribution in [3.8, 4) is 0 Å². The molecule has 1 fully saturated rings. The number of halogens is 1. The Morgan fingerprint density at radius 2 is 1.78 bits per heavy atom. The molecule has 4 heteroatoms. The average Bonchev–Trinajstić information content (AvgIpc) is 2.40. The number of hydrogen-bond donors (Lipinski definition) is 1. The van der Waals surface area contributed by atoms with Gasteiger partial charge < -0.3 is 10.6 Å². The van der Waals surface area contributed by atoms with E-state index in [0.717, 1.165) is 30.0 Å². The zero-order valence-corrected chi connectivity index (χ0v) is 11.1. The van der Waals surface area contributed by atoms with Crippen LogP contribution in [0.2, 0.25) is 0 Å². The molecular weight excluding hydrogens is 246 g/mol. The minimum atomic E-state index is 0. The third kappa shape index (κ3) is 2.23. The highest BCUT2D eigenvalue weighted by Gasteiger charge is 2.14. The summed E-state index contributed by atoms with van der Waals surface area (Å²) in [7, 11) is 0. The number of nitrogens with zero attached hydrogens (tertiary/aromatic N) is 2. The zero-order valence-electron chi connectivity index (χ0n) is 10.3. The molecule has 0 aliphatic carbocycles. The Morgan fingerprint density at radius 1 is 1.00 bits per heavy atom. The standard InChI is InChI=1S/C14H17N3.ClH/c15-13-6-4-5-12-11(13)7-8-16-14(12)17-9-2-1-3-10-17;/h4-8H,1-3,9-10,15H2;1H. The fourth-order valence-electron chi connectivity index (χ4n) is 2.57. The predicted octanol–water partition coefficient (Wildman–Crippen LogP) is 3.23. The Hall–Kier alpha value is -1.48. The van der Waals surface area contributed by atoms with Gasteiger partial charge in [0, 0.05) is 35.7 Å². The van der Waals surface area contributed by atoms with Crippen LogP contribution in [0.25, 0.3) is 10.8 Å². The molecule has 1 aliphatic rings. The molecule has 0 atom stereocenters. The summed E-state index contributed by atoms with van der Waals surface area (Å²) in [6.45, 7) is 2.22. The number of fused-ring (bicyclic) bond motifs is 1. The van der Waals surface area contributed by atoms with Crippen LogP contribution in [-0.4, -0.2) is 18.1 Å². The van der Waals surface area contributed by atoms with Crippen molar-refractivity contribution in [2.75, 3.05) is 23.7 Å². The minimum absolute atomic E-state index is 0. The first kappa shape index (κ1) is 13.0. The first-order valence-corrected chi connectivity index (χ1v) is 6.24. The first-order chi connectivity index (χ1) is 8.36. The van der Waals surface area contributed by atoms with Crippen LogP contribution in [0.5, 0.6) is 0 Å². The molecule has 1 aromatic heterocycles. The van der Waals surface area contributed by atoms with Gasteiger partial charge in [-0.15, -0.1) is 12.4 Å². The molecule has 18 heavy (non-hydrogen) atoms. The van der Waals surface area contributed by atoms with E-state index in [1.807, 2.05) is 24.4 Å². The fourth-order valence-corrected chi connectivity index (χ4v) is 2.57. The highest BCUT2D eigenvalue weighted by Crippen LogP contribution is 2.29. The summed E-state index contributed by atoms with van der Waals surface area (Å²) >= 11 is 0. The summed E-state index contributed by atoms with van der Waals surface area (Å²) in [5.74, 6) is 1.09. The highest BCUT2D eigenvalue weighted by molar-refractivity contribution is 5.99. The first-order valence-electron chi connectivity index (χ1n) is 6.24. The van der Waals surface area contributed by atoms with Crippen molar-refractivity contribution in [1.82, 2.24) is 4.98 Å². The second-order valence-electron chi connectivity index (χ2n) is 4.62. The van der Waals surface area contributed by atoms with Crippen LogP contribution >= 0.6 is 12.4 Å². The van der Waals surface area contributed by atoms with Crippen molar-refractivity contribution in [2.45, 2.75) is 19.3 Å². The van der Waals surface area contributed by atoms with E-state index in [1.54, 1.807) is 0 Å². The van der Waals surface area contributed by atoms with E-state index in [0.29, 0.717) is 0 Å². The van der Waals surface area contributed by atoms with Gasteiger partial charge in [0.2, 0.25) is 0 Å². The molecule has 1 aromatic carbocycles. The lowest BCUT2D eigenvalue weighted by molar-refractivity contribution is 0.575. The van der Waals surface area contributed by atoms with Gasteiger partial charge in [-0.2, -0.15) is 0 Å². The molecule has 3 rings (SSSR count). The zero-order chi connectivity index (χ0) is 11.7. The average molecular weight is 264 g/mol. The summed E-state index contributed by atoms with van der Waals surface area (Å²) < 4.78 is 0. The lowest BCUT2D eigenvalue weighted by Crippen LogP contribution is -2.30. The van der Waals surface area contributed by atoms with Gasteiger partial charge in [0.1, 0.15) is 5.82 Å². The molecule has 0 saturated carbocycles. The van der Waals surface area contributed by atoms with Crippen molar-refractivity contribution in [1.29, 1.82) is 0 Å². The summed E-state index contributed by atoms with van der Waals surface area (Å²) in [6, 6.07) is 8.07. The molecule has 96 valence electrons. The van der Waals surface area contributed by atoms with Crippen LogP contribution in [0.1, 0.15) is 19.3 Å². The molecule has 2 aromatic rings. The van der Waals surface area contributed by atoms with Gasteiger partial charge in [0.05, 0.1) is 0 Å². The lowest BCUT2D eigenvalue weighted by Gasteiger charge is -2.28. The fraction of sp³-hybridized carbons (Fsp3) is 0.357. The van der Waals surface area contributed by atoms with Gasteiger partial charge in [-0.3, -0.25) is 0 Å². The number of pyridine rings is 1. The Bertz CT molecular complexity index is 536. The molecule has 0 unspecified atom stereocenters. The number of nitrogen functional groups attached to an aromatic ring is 1. The smallest absolute Gasteiger partial charge is 0.136 e. The van der Waals surface area contributed by atoms with Crippen LogP contribution in [0.4, 0.5) is 11.5 Å². The predicted molar refractivity (Wildman–Crippen MR) is 79.5 cm³/mol.